The maximum absolute atomic E-state index is 11.0. The van der Waals surface area contributed by atoms with Crippen molar-refractivity contribution in [2.24, 2.45) is 0 Å². The summed E-state index contributed by atoms with van der Waals surface area (Å²) in [5, 5.41) is 11.0. The molecular formula is C20H20N2O3. The molecule has 0 amide bonds. The predicted octanol–water partition coefficient (Wildman–Crippen LogP) is 4.43. The molecule has 128 valence electrons. The fraction of sp³-hybridized carbons (Fsp3) is 0.300. The maximum atomic E-state index is 11.0. The molecule has 1 atom stereocenters. The molecule has 0 saturated heterocycles. The zero-order valence-corrected chi connectivity index (χ0v) is 14.7. The highest BCUT2D eigenvalue weighted by atomic mass is 16.6. The Kier molecular flexibility index (Phi) is 3.04. The van der Waals surface area contributed by atoms with Crippen LogP contribution in [0.3, 0.4) is 0 Å². The van der Waals surface area contributed by atoms with Gasteiger partial charge in [0.15, 0.2) is 0 Å². The highest BCUT2D eigenvalue weighted by Crippen LogP contribution is 2.54. The van der Waals surface area contributed by atoms with Crippen molar-refractivity contribution >= 4 is 17.5 Å². The van der Waals surface area contributed by atoms with Gasteiger partial charge in [0.1, 0.15) is 5.75 Å². The Labute approximate surface area is 146 Å². The Morgan fingerprint density at radius 1 is 1.16 bits per heavy atom. The summed E-state index contributed by atoms with van der Waals surface area (Å²) in [6.45, 7) is 6.44. The van der Waals surface area contributed by atoms with Crippen LogP contribution in [0.4, 0.5) is 11.4 Å². The molecule has 2 aromatic carbocycles. The Bertz CT molecular complexity index is 933. The van der Waals surface area contributed by atoms with Gasteiger partial charge in [-0.3, -0.25) is 10.1 Å². The van der Waals surface area contributed by atoms with Crippen LogP contribution in [0.2, 0.25) is 0 Å². The summed E-state index contributed by atoms with van der Waals surface area (Å²) < 4.78 is 6.48. The number of hydrogen-bond donors (Lipinski definition) is 0. The van der Waals surface area contributed by atoms with E-state index in [0.29, 0.717) is 5.75 Å². The second kappa shape index (κ2) is 4.85. The van der Waals surface area contributed by atoms with Crippen LogP contribution in [0.1, 0.15) is 30.5 Å². The largest absolute Gasteiger partial charge is 0.463 e. The minimum Gasteiger partial charge on any atom is -0.463 e. The Hall–Kier alpha value is -2.82. The van der Waals surface area contributed by atoms with Gasteiger partial charge < -0.3 is 9.64 Å². The molecule has 2 aliphatic heterocycles. The Morgan fingerprint density at radius 2 is 1.92 bits per heavy atom. The third-order valence-electron chi connectivity index (χ3n) is 5.54. The van der Waals surface area contributed by atoms with Crippen molar-refractivity contribution in [3.05, 3.63) is 69.3 Å². The molecule has 0 radical (unpaired) electrons. The highest BCUT2D eigenvalue weighted by molar-refractivity contribution is 5.73. The van der Waals surface area contributed by atoms with Crippen molar-refractivity contribution in [2.75, 3.05) is 11.9 Å². The molecule has 0 N–H and O–H groups in total. The number of fused-ring (bicyclic) bond motifs is 2. The standard InChI is InChI=1S/C20H20N2O3/c1-13-5-7-17-16(11-13)19(2,3)20(21(17)4)10-9-14-12-15(22(23)24)6-8-18(14)25-20/h5-12H,1-4H3. The summed E-state index contributed by atoms with van der Waals surface area (Å²) in [6, 6.07) is 11.2. The topological polar surface area (TPSA) is 55.6 Å². The molecule has 1 unspecified atom stereocenters. The van der Waals surface area contributed by atoms with Crippen LogP contribution in [0, 0.1) is 17.0 Å². The number of anilines is 1. The van der Waals surface area contributed by atoms with E-state index < -0.39 is 5.72 Å². The molecule has 2 aromatic rings. The molecule has 1 spiro atoms. The third-order valence-corrected chi connectivity index (χ3v) is 5.54. The number of benzene rings is 2. The van der Waals surface area contributed by atoms with Gasteiger partial charge in [-0.05, 0) is 50.6 Å². The van der Waals surface area contributed by atoms with E-state index in [1.807, 2.05) is 19.2 Å². The summed E-state index contributed by atoms with van der Waals surface area (Å²) in [5.41, 5.74) is 3.46. The van der Waals surface area contributed by atoms with Crippen LogP contribution in [0.25, 0.3) is 6.08 Å². The lowest BCUT2D eigenvalue weighted by molar-refractivity contribution is -0.384. The van der Waals surface area contributed by atoms with E-state index in [9.17, 15) is 10.1 Å². The smallest absolute Gasteiger partial charge is 0.270 e. The third kappa shape index (κ3) is 1.95. The lowest BCUT2D eigenvalue weighted by atomic mass is 9.76. The van der Waals surface area contributed by atoms with Gasteiger partial charge in [0.2, 0.25) is 5.72 Å². The number of ether oxygens (including phenoxy) is 1. The van der Waals surface area contributed by atoms with Gasteiger partial charge in [0.05, 0.1) is 10.3 Å². The quantitative estimate of drug-likeness (QED) is 0.571. The molecule has 4 rings (SSSR count). The van der Waals surface area contributed by atoms with E-state index in [4.69, 9.17) is 4.74 Å². The monoisotopic (exact) mass is 336 g/mol. The van der Waals surface area contributed by atoms with E-state index in [0.717, 1.165) is 11.3 Å². The van der Waals surface area contributed by atoms with Crippen molar-refractivity contribution in [3.63, 3.8) is 0 Å². The summed E-state index contributed by atoms with van der Waals surface area (Å²) >= 11 is 0. The van der Waals surface area contributed by atoms with Crippen LogP contribution in [0.15, 0.2) is 42.5 Å². The van der Waals surface area contributed by atoms with E-state index in [1.54, 1.807) is 12.1 Å². The van der Waals surface area contributed by atoms with E-state index in [1.165, 1.54) is 17.2 Å². The second-order valence-corrected chi connectivity index (χ2v) is 7.32. The highest BCUT2D eigenvalue weighted by Gasteiger charge is 2.57. The Morgan fingerprint density at radius 3 is 2.64 bits per heavy atom. The zero-order valence-electron chi connectivity index (χ0n) is 14.7. The fourth-order valence-electron chi connectivity index (χ4n) is 4.03. The van der Waals surface area contributed by atoms with Crippen LogP contribution in [-0.4, -0.2) is 17.7 Å². The number of nitro benzene ring substituents is 1. The fourth-order valence-corrected chi connectivity index (χ4v) is 4.03. The summed E-state index contributed by atoms with van der Waals surface area (Å²) in [6.07, 6.45) is 3.96. The average molecular weight is 336 g/mol. The molecule has 0 fully saturated rings. The van der Waals surface area contributed by atoms with Crippen molar-refractivity contribution in [3.8, 4) is 5.75 Å². The van der Waals surface area contributed by atoms with Crippen molar-refractivity contribution in [1.82, 2.24) is 0 Å². The molecular weight excluding hydrogens is 316 g/mol. The maximum Gasteiger partial charge on any atom is 0.270 e. The molecule has 5 heteroatoms. The first-order chi connectivity index (χ1) is 11.8. The molecule has 5 nitrogen and oxygen atoms in total. The molecule has 0 saturated carbocycles. The predicted molar refractivity (Wildman–Crippen MR) is 98.1 cm³/mol. The number of nitrogens with zero attached hydrogens (tertiary/aromatic N) is 2. The van der Waals surface area contributed by atoms with Gasteiger partial charge in [0.25, 0.3) is 5.69 Å². The van der Waals surface area contributed by atoms with E-state index >= 15 is 0 Å². The second-order valence-electron chi connectivity index (χ2n) is 7.32. The minimum atomic E-state index is -0.660. The first kappa shape index (κ1) is 15.7. The Balaban J connectivity index is 1.85. The first-order valence-electron chi connectivity index (χ1n) is 8.28. The van der Waals surface area contributed by atoms with Gasteiger partial charge in [-0.2, -0.15) is 0 Å². The van der Waals surface area contributed by atoms with Gasteiger partial charge >= 0.3 is 0 Å². The number of hydrogen-bond acceptors (Lipinski definition) is 4. The van der Waals surface area contributed by atoms with Crippen molar-refractivity contribution in [1.29, 1.82) is 0 Å². The molecule has 25 heavy (non-hydrogen) atoms. The lowest BCUT2D eigenvalue weighted by Gasteiger charge is -2.45. The molecule has 2 aliphatic rings. The SMILES string of the molecule is Cc1ccc2c(c1)C(C)(C)C1(C=Cc3cc([N+](=O)[O-])ccc3O1)N2C. The summed E-state index contributed by atoms with van der Waals surface area (Å²) in [5.74, 6) is 0.664. The van der Waals surface area contributed by atoms with Crippen molar-refractivity contribution < 1.29 is 9.66 Å². The van der Waals surface area contributed by atoms with Crippen molar-refractivity contribution in [2.45, 2.75) is 31.9 Å². The van der Waals surface area contributed by atoms with Crippen LogP contribution in [-0.2, 0) is 5.41 Å². The van der Waals surface area contributed by atoms with Gasteiger partial charge in [-0.15, -0.1) is 0 Å². The van der Waals surface area contributed by atoms with E-state index in [-0.39, 0.29) is 16.0 Å². The molecule has 0 aromatic heterocycles. The molecule has 2 heterocycles. The number of rotatable bonds is 1. The van der Waals surface area contributed by atoms with Gasteiger partial charge in [0, 0.05) is 30.4 Å². The summed E-state index contributed by atoms with van der Waals surface area (Å²) in [7, 11) is 2.03. The van der Waals surface area contributed by atoms with Crippen LogP contribution in [0.5, 0.6) is 5.75 Å². The number of non-ortho nitro benzene ring substituents is 1. The molecule has 0 aliphatic carbocycles. The minimum absolute atomic E-state index is 0.0703. The molecule has 0 bridgehead atoms. The van der Waals surface area contributed by atoms with E-state index in [2.05, 4.69) is 43.9 Å². The van der Waals surface area contributed by atoms with Gasteiger partial charge in [-0.25, -0.2) is 0 Å². The van der Waals surface area contributed by atoms with Gasteiger partial charge in [-0.1, -0.05) is 17.7 Å². The summed E-state index contributed by atoms with van der Waals surface area (Å²) in [4.78, 5) is 12.8. The number of nitro groups is 1. The first-order valence-corrected chi connectivity index (χ1v) is 8.28. The van der Waals surface area contributed by atoms with Crippen LogP contribution >= 0.6 is 0 Å². The number of aryl methyl sites for hydroxylation is 1. The zero-order chi connectivity index (χ0) is 18.0. The normalized spacial score (nSPS) is 22.5. The lowest BCUT2D eigenvalue weighted by Crippen LogP contribution is -2.58. The number of likely N-dealkylation sites (N-methyl/N-ethyl adjacent to an activating group) is 1. The average Bonchev–Trinajstić information content (AvgIpc) is 2.73. The van der Waals surface area contributed by atoms with Crippen LogP contribution < -0.4 is 9.64 Å².